The van der Waals surface area contributed by atoms with Crippen molar-refractivity contribution in [3.8, 4) is 11.5 Å². The van der Waals surface area contributed by atoms with Gasteiger partial charge in [0.1, 0.15) is 22.5 Å². The lowest BCUT2D eigenvalue weighted by molar-refractivity contribution is 0.446. The van der Waals surface area contributed by atoms with E-state index in [1.807, 2.05) is 0 Å². The van der Waals surface area contributed by atoms with Gasteiger partial charge >= 0.3 is 0 Å². The summed E-state index contributed by atoms with van der Waals surface area (Å²) >= 11 is 1.28. The maximum Gasteiger partial charge on any atom is 0.197 e. The Morgan fingerprint density at radius 2 is 2.00 bits per heavy atom. The Morgan fingerprint density at radius 1 is 1.27 bits per heavy atom. The van der Waals surface area contributed by atoms with Crippen molar-refractivity contribution in [2.24, 2.45) is 0 Å². The average molecular weight is 224 g/mol. The highest BCUT2D eigenvalue weighted by atomic mass is 32.2. The summed E-state index contributed by atoms with van der Waals surface area (Å²) in [7, 11) is 0. The number of phenolic OH excluding ortho intramolecular Hbond substituents is 2. The Hall–Kier alpha value is -1.62. The largest absolute Gasteiger partial charge is 0.508 e. The first kappa shape index (κ1) is 9.92. The summed E-state index contributed by atoms with van der Waals surface area (Å²) in [6.07, 6.45) is 1.77. The van der Waals surface area contributed by atoms with E-state index in [9.17, 15) is 15.0 Å². The van der Waals surface area contributed by atoms with Crippen LogP contribution in [0.15, 0.2) is 32.5 Å². The highest BCUT2D eigenvalue weighted by molar-refractivity contribution is 7.98. The Labute approximate surface area is 89.2 Å². The quantitative estimate of drug-likeness (QED) is 0.724. The van der Waals surface area contributed by atoms with Gasteiger partial charge in [-0.1, -0.05) is 11.8 Å². The number of phenols is 2. The van der Waals surface area contributed by atoms with Gasteiger partial charge in [-0.2, -0.15) is 0 Å². The lowest BCUT2D eigenvalue weighted by Gasteiger charge is -2.02. The van der Waals surface area contributed by atoms with Crippen LogP contribution in [0.4, 0.5) is 0 Å². The van der Waals surface area contributed by atoms with Crippen LogP contribution in [-0.2, 0) is 0 Å². The van der Waals surface area contributed by atoms with Crippen molar-refractivity contribution in [1.82, 2.24) is 0 Å². The second kappa shape index (κ2) is 3.51. The number of aromatic hydroxyl groups is 2. The first-order chi connectivity index (χ1) is 7.11. The molecule has 1 aromatic carbocycles. The number of hydrogen-bond donors (Lipinski definition) is 2. The Balaban J connectivity index is 2.91. The van der Waals surface area contributed by atoms with Gasteiger partial charge in [-0.15, -0.1) is 0 Å². The summed E-state index contributed by atoms with van der Waals surface area (Å²) in [6, 6.07) is 3.72. The number of fused-ring (bicyclic) bond motifs is 1. The van der Waals surface area contributed by atoms with E-state index in [1.54, 1.807) is 6.26 Å². The van der Waals surface area contributed by atoms with E-state index >= 15 is 0 Å². The fraction of sp³-hybridized carbons (Fsp3) is 0.100. The molecule has 0 fully saturated rings. The monoisotopic (exact) mass is 224 g/mol. The van der Waals surface area contributed by atoms with Gasteiger partial charge in [0.25, 0.3) is 0 Å². The first-order valence-corrected chi connectivity index (χ1v) is 5.38. The number of hydrogen-bond acceptors (Lipinski definition) is 5. The lowest BCUT2D eigenvalue weighted by atomic mass is 10.2. The maximum atomic E-state index is 11.6. The molecule has 4 nitrogen and oxygen atoms in total. The molecule has 0 saturated heterocycles. The number of thioether (sulfide) groups is 1. The van der Waals surface area contributed by atoms with Gasteiger partial charge in [0.2, 0.25) is 0 Å². The van der Waals surface area contributed by atoms with Crippen molar-refractivity contribution in [1.29, 1.82) is 0 Å². The fourth-order valence-electron chi connectivity index (χ4n) is 1.33. The van der Waals surface area contributed by atoms with Crippen LogP contribution in [-0.4, -0.2) is 16.5 Å². The van der Waals surface area contributed by atoms with Crippen LogP contribution >= 0.6 is 11.8 Å². The van der Waals surface area contributed by atoms with Crippen molar-refractivity contribution in [3.05, 3.63) is 28.4 Å². The van der Waals surface area contributed by atoms with E-state index in [0.717, 1.165) is 6.07 Å². The van der Waals surface area contributed by atoms with Gasteiger partial charge in [0.05, 0.1) is 0 Å². The van der Waals surface area contributed by atoms with E-state index in [4.69, 9.17) is 4.42 Å². The van der Waals surface area contributed by atoms with Crippen LogP contribution in [0.2, 0.25) is 0 Å². The molecular formula is C10H8O4S. The average Bonchev–Trinajstić information content (AvgIpc) is 2.15. The van der Waals surface area contributed by atoms with Crippen LogP contribution in [0.5, 0.6) is 11.5 Å². The third-order valence-corrected chi connectivity index (χ3v) is 2.58. The van der Waals surface area contributed by atoms with Crippen molar-refractivity contribution in [3.63, 3.8) is 0 Å². The highest BCUT2D eigenvalue weighted by Crippen LogP contribution is 2.29. The van der Waals surface area contributed by atoms with E-state index in [2.05, 4.69) is 0 Å². The molecule has 0 atom stereocenters. The van der Waals surface area contributed by atoms with Gasteiger partial charge in [-0.05, 0) is 6.26 Å². The van der Waals surface area contributed by atoms with E-state index in [1.165, 1.54) is 23.9 Å². The molecule has 2 N–H and O–H groups in total. The molecule has 0 spiro atoms. The van der Waals surface area contributed by atoms with E-state index in [-0.39, 0.29) is 27.9 Å². The fourth-order valence-corrected chi connectivity index (χ4v) is 1.73. The SMILES string of the molecule is CSc1cc(=O)c2c(O)cc(O)cc2o1. The summed E-state index contributed by atoms with van der Waals surface area (Å²) < 4.78 is 5.30. The normalized spacial score (nSPS) is 10.7. The summed E-state index contributed by atoms with van der Waals surface area (Å²) in [6.45, 7) is 0. The van der Waals surface area contributed by atoms with Crippen LogP contribution in [0.25, 0.3) is 11.0 Å². The first-order valence-electron chi connectivity index (χ1n) is 4.15. The molecule has 0 bridgehead atoms. The Bertz CT molecular complexity index is 573. The zero-order chi connectivity index (χ0) is 11.0. The number of benzene rings is 1. The number of rotatable bonds is 1. The third kappa shape index (κ3) is 1.66. The maximum absolute atomic E-state index is 11.6. The van der Waals surface area contributed by atoms with Crippen LogP contribution in [0.1, 0.15) is 0 Å². The molecule has 15 heavy (non-hydrogen) atoms. The third-order valence-electron chi connectivity index (χ3n) is 1.97. The molecule has 0 unspecified atom stereocenters. The molecular weight excluding hydrogens is 216 g/mol. The second-order valence-electron chi connectivity index (χ2n) is 2.97. The summed E-state index contributed by atoms with van der Waals surface area (Å²) in [5, 5.41) is 19.2. The minimum Gasteiger partial charge on any atom is -0.508 e. The molecule has 0 aliphatic heterocycles. The molecule has 5 heteroatoms. The Morgan fingerprint density at radius 3 is 2.67 bits per heavy atom. The van der Waals surface area contributed by atoms with Gasteiger partial charge in [0, 0.05) is 18.2 Å². The molecule has 78 valence electrons. The highest BCUT2D eigenvalue weighted by Gasteiger charge is 2.10. The van der Waals surface area contributed by atoms with Crippen molar-refractivity contribution in [2.75, 3.05) is 6.26 Å². The minimum atomic E-state index is -0.321. The molecule has 0 aliphatic carbocycles. The molecule has 0 aliphatic rings. The summed E-state index contributed by atoms with van der Waals surface area (Å²) in [5.41, 5.74) is -0.137. The standard InChI is InChI=1S/C10H8O4S/c1-15-9-4-7(13)10-6(12)2-5(11)3-8(10)14-9/h2-4,11-12H,1H3. The summed E-state index contributed by atoms with van der Waals surface area (Å²) in [5.74, 6) is -0.409. The van der Waals surface area contributed by atoms with Crippen LogP contribution in [0, 0.1) is 0 Å². The van der Waals surface area contributed by atoms with Crippen molar-refractivity contribution < 1.29 is 14.6 Å². The van der Waals surface area contributed by atoms with Crippen molar-refractivity contribution in [2.45, 2.75) is 5.09 Å². The topological polar surface area (TPSA) is 70.7 Å². The van der Waals surface area contributed by atoms with Gasteiger partial charge in [0.15, 0.2) is 10.5 Å². The molecule has 2 aromatic rings. The minimum absolute atomic E-state index is 0.0885. The molecule has 1 aromatic heterocycles. The lowest BCUT2D eigenvalue weighted by Crippen LogP contribution is -1.99. The molecule has 0 radical (unpaired) electrons. The molecule has 2 rings (SSSR count). The molecule has 0 saturated carbocycles. The zero-order valence-corrected chi connectivity index (χ0v) is 8.67. The molecule has 0 amide bonds. The van der Waals surface area contributed by atoms with Gasteiger partial charge in [-0.25, -0.2) is 0 Å². The zero-order valence-electron chi connectivity index (χ0n) is 7.85. The van der Waals surface area contributed by atoms with E-state index < -0.39 is 0 Å². The second-order valence-corrected chi connectivity index (χ2v) is 3.78. The van der Waals surface area contributed by atoms with Crippen LogP contribution < -0.4 is 5.43 Å². The Kier molecular flexibility index (Phi) is 2.32. The van der Waals surface area contributed by atoms with E-state index in [0.29, 0.717) is 5.09 Å². The predicted molar refractivity (Wildman–Crippen MR) is 57.6 cm³/mol. The van der Waals surface area contributed by atoms with Crippen molar-refractivity contribution >= 4 is 22.7 Å². The summed E-state index contributed by atoms with van der Waals surface area (Å²) in [4.78, 5) is 11.6. The van der Waals surface area contributed by atoms with Gasteiger partial charge in [-0.3, -0.25) is 4.79 Å². The predicted octanol–water partition coefficient (Wildman–Crippen LogP) is 1.93. The van der Waals surface area contributed by atoms with Crippen LogP contribution in [0.3, 0.4) is 0 Å². The smallest absolute Gasteiger partial charge is 0.197 e. The molecule has 1 heterocycles. The van der Waals surface area contributed by atoms with Gasteiger partial charge < -0.3 is 14.6 Å².